The van der Waals surface area contributed by atoms with Crippen molar-refractivity contribution in [2.75, 3.05) is 7.11 Å². The first-order valence-corrected chi connectivity index (χ1v) is 8.49. The first-order chi connectivity index (χ1) is 7.12. The molecule has 5 heteroatoms. The van der Waals surface area contributed by atoms with E-state index in [-0.39, 0.29) is 11.5 Å². The van der Waals surface area contributed by atoms with Crippen LogP contribution in [0.15, 0.2) is 0 Å². The number of carbonyl (C=O) groups is 1. The summed E-state index contributed by atoms with van der Waals surface area (Å²) in [5, 5.41) is 9.78. The van der Waals surface area contributed by atoms with Gasteiger partial charge in [0.15, 0.2) is 0 Å². The molecule has 0 aliphatic carbocycles. The molecule has 0 amide bonds. The van der Waals surface area contributed by atoms with Crippen LogP contribution in [-0.4, -0.2) is 49.4 Å². The summed E-state index contributed by atoms with van der Waals surface area (Å²) in [6, 6.07) is -0.559. The number of aliphatic hydroxyl groups is 1. The summed E-state index contributed by atoms with van der Waals surface area (Å²) < 4.78 is 6.90. The van der Waals surface area contributed by atoms with E-state index in [0.29, 0.717) is 0 Å². The van der Waals surface area contributed by atoms with Crippen LogP contribution in [-0.2, 0) is 9.53 Å². The van der Waals surface area contributed by atoms with Gasteiger partial charge in [-0.2, -0.15) is 0 Å². The zero-order chi connectivity index (χ0) is 13.1. The molecule has 0 rings (SSSR count). The number of rotatable bonds is 4. The van der Waals surface area contributed by atoms with E-state index < -0.39 is 21.1 Å². The monoisotopic (exact) mass is 247 g/mol. The molecular weight excluding hydrogens is 222 g/mol. The molecule has 0 spiro atoms. The highest BCUT2D eigenvalue weighted by Crippen LogP contribution is 2.21. The first-order valence-electron chi connectivity index (χ1n) is 5.67. The molecule has 96 valence electrons. The van der Waals surface area contributed by atoms with Crippen LogP contribution in [0.1, 0.15) is 27.7 Å². The highest BCUT2D eigenvalue weighted by molar-refractivity contribution is 6.53. The number of aliphatic hydroxyl groups excluding tert-OH is 1. The second kappa shape index (κ2) is 5.79. The van der Waals surface area contributed by atoms with Crippen molar-refractivity contribution >= 4 is 14.9 Å². The maximum Gasteiger partial charge on any atom is 0.325 e. The van der Waals surface area contributed by atoms with Gasteiger partial charge in [-0.15, -0.1) is 0 Å². The van der Waals surface area contributed by atoms with E-state index in [2.05, 4.69) is 38.4 Å². The lowest BCUT2D eigenvalue weighted by Crippen LogP contribution is -2.60. The van der Waals surface area contributed by atoms with Crippen molar-refractivity contribution in [2.45, 2.75) is 58.5 Å². The quantitative estimate of drug-likeness (QED) is 0.594. The van der Waals surface area contributed by atoms with E-state index in [0.717, 1.165) is 0 Å². The van der Waals surface area contributed by atoms with Gasteiger partial charge in [-0.1, -0.05) is 13.1 Å². The number of ether oxygens (including phenoxy) is 1. The predicted molar refractivity (Wildman–Crippen MR) is 68.0 cm³/mol. The molecular formula is C11H25NO3Si. The molecule has 0 radical (unpaired) electrons. The number of hydrogen-bond acceptors (Lipinski definition) is 4. The van der Waals surface area contributed by atoms with Crippen LogP contribution >= 0.6 is 0 Å². The Morgan fingerprint density at radius 1 is 1.38 bits per heavy atom. The van der Waals surface area contributed by atoms with Crippen molar-refractivity contribution in [3.05, 3.63) is 0 Å². The van der Waals surface area contributed by atoms with Gasteiger partial charge in [-0.3, -0.25) is 4.79 Å². The second-order valence-electron chi connectivity index (χ2n) is 5.38. The van der Waals surface area contributed by atoms with E-state index in [9.17, 15) is 9.90 Å². The lowest BCUT2D eigenvalue weighted by molar-refractivity contribution is -0.150. The number of carbonyl (C=O) groups excluding carboxylic acids is 1. The Balaban J connectivity index is 5.20. The molecule has 0 saturated heterocycles. The van der Waals surface area contributed by atoms with E-state index in [1.165, 1.54) is 7.11 Å². The number of hydrogen-bond donors (Lipinski definition) is 1. The molecule has 4 nitrogen and oxygen atoms in total. The molecule has 0 fully saturated rings. The predicted octanol–water partition coefficient (Wildman–Crippen LogP) is 0.993. The topological polar surface area (TPSA) is 49.8 Å². The van der Waals surface area contributed by atoms with Gasteiger partial charge in [-0.05, 0) is 27.7 Å². The lowest BCUT2D eigenvalue weighted by Gasteiger charge is -2.44. The summed E-state index contributed by atoms with van der Waals surface area (Å²) in [4.78, 5) is 11.7. The van der Waals surface area contributed by atoms with Crippen molar-refractivity contribution in [1.82, 2.24) is 4.57 Å². The summed E-state index contributed by atoms with van der Waals surface area (Å²) in [5.74, 6) is -0.355. The van der Waals surface area contributed by atoms with Crippen molar-refractivity contribution in [2.24, 2.45) is 0 Å². The smallest absolute Gasteiger partial charge is 0.325 e. The summed E-state index contributed by atoms with van der Waals surface area (Å²) in [5.41, 5.74) is -0.143. The minimum absolute atomic E-state index is 0.143. The van der Waals surface area contributed by atoms with Gasteiger partial charge in [0.25, 0.3) is 0 Å². The molecule has 0 unspecified atom stereocenters. The molecule has 0 aliphatic rings. The normalized spacial score (nSPS) is 16.4. The average molecular weight is 247 g/mol. The molecule has 0 saturated carbocycles. The first kappa shape index (κ1) is 15.6. The summed E-state index contributed by atoms with van der Waals surface area (Å²) in [7, 11) is 0.140. The maximum atomic E-state index is 11.7. The fourth-order valence-corrected chi connectivity index (χ4v) is 4.74. The Hall–Kier alpha value is -0.393. The highest BCUT2D eigenvalue weighted by atomic mass is 28.3. The fraction of sp³-hybridized carbons (Fsp3) is 0.909. The van der Waals surface area contributed by atoms with Gasteiger partial charge in [0, 0.05) is 5.54 Å². The maximum absolute atomic E-state index is 11.7. The third-order valence-electron chi connectivity index (χ3n) is 2.53. The van der Waals surface area contributed by atoms with Gasteiger partial charge in [0.1, 0.15) is 15.0 Å². The van der Waals surface area contributed by atoms with Crippen LogP contribution in [0.2, 0.25) is 13.1 Å². The number of nitrogens with zero attached hydrogens (tertiary/aromatic N) is 1. The van der Waals surface area contributed by atoms with E-state index in [1.807, 2.05) is 0 Å². The summed E-state index contributed by atoms with van der Waals surface area (Å²) in [6.07, 6.45) is -0.721. The van der Waals surface area contributed by atoms with Crippen LogP contribution in [0.5, 0.6) is 0 Å². The molecule has 2 atom stereocenters. The Bertz CT molecular complexity index is 236. The zero-order valence-electron chi connectivity index (χ0n) is 11.4. The van der Waals surface area contributed by atoms with Crippen LogP contribution in [0.4, 0.5) is 0 Å². The Morgan fingerprint density at radius 2 is 1.81 bits per heavy atom. The van der Waals surface area contributed by atoms with Crippen LogP contribution < -0.4 is 0 Å². The third kappa shape index (κ3) is 3.88. The molecule has 0 heterocycles. The molecule has 0 aromatic heterocycles. The third-order valence-corrected chi connectivity index (χ3v) is 4.74. The zero-order valence-corrected chi connectivity index (χ0v) is 12.6. The minimum atomic E-state index is -1.22. The Morgan fingerprint density at radius 3 is 2.00 bits per heavy atom. The van der Waals surface area contributed by atoms with Gasteiger partial charge in [-0.25, -0.2) is 0 Å². The minimum Gasteiger partial charge on any atom is -0.468 e. The molecule has 0 aliphatic heterocycles. The average Bonchev–Trinajstić information content (AvgIpc) is 2.09. The van der Waals surface area contributed by atoms with Crippen molar-refractivity contribution in [3.63, 3.8) is 0 Å². The number of methoxy groups -OCH3 is 1. The fourth-order valence-electron chi connectivity index (χ4n) is 2.18. The van der Waals surface area contributed by atoms with Crippen LogP contribution in [0, 0.1) is 0 Å². The standard InChI is InChI=1S/C11H25NO3Si/c1-8(13)9(10(14)15-5)12(16(6)7)11(2,3)4/h8-9,13,16H,1-7H3/t8-,9+/m1/s1. The molecule has 16 heavy (non-hydrogen) atoms. The largest absolute Gasteiger partial charge is 0.468 e. The summed E-state index contributed by atoms with van der Waals surface area (Å²) in [6.45, 7) is 12.1. The molecule has 0 aromatic carbocycles. The van der Waals surface area contributed by atoms with E-state index in [4.69, 9.17) is 4.74 Å². The van der Waals surface area contributed by atoms with Gasteiger partial charge in [0.2, 0.25) is 0 Å². The second-order valence-corrected chi connectivity index (χ2v) is 8.12. The molecule has 1 N–H and O–H groups in total. The van der Waals surface area contributed by atoms with Crippen molar-refractivity contribution in [3.8, 4) is 0 Å². The Labute approximate surface area is 100 Å². The van der Waals surface area contributed by atoms with E-state index >= 15 is 0 Å². The number of esters is 1. The molecule has 0 aromatic rings. The van der Waals surface area contributed by atoms with Crippen molar-refractivity contribution in [1.29, 1.82) is 0 Å². The van der Waals surface area contributed by atoms with Crippen LogP contribution in [0.25, 0.3) is 0 Å². The van der Waals surface area contributed by atoms with E-state index in [1.54, 1.807) is 6.92 Å². The van der Waals surface area contributed by atoms with Crippen molar-refractivity contribution < 1.29 is 14.6 Å². The van der Waals surface area contributed by atoms with Gasteiger partial charge in [0.05, 0.1) is 13.2 Å². The van der Waals surface area contributed by atoms with Gasteiger partial charge < -0.3 is 14.4 Å². The van der Waals surface area contributed by atoms with Crippen LogP contribution in [0.3, 0.4) is 0 Å². The lowest BCUT2D eigenvalue weighted by atomic mass is 10.0. The Kier molecular flexibility index (Phi) is 5.65. The summed E-state index contributed by atoms with van der Waals surface area (Å²) >= 11 is 0. The molecule has 0 bridgehead atoms. The highest BCUT2D eigenvalue weighted by Gasteiger charge is 2.38. The van der Waals surface area contributed by atoms with Gasteiger partial charge >= 0.3 is 5.97 Å². The SMILES string of the molecule is COC(=O)[C@H]([C@@H](C)O)N([SiH](C)C)C(C)(C)C.